The van der Waals surface area contributed by atoms with E-state index >= 15 is 0 Å². The normalized spacial score (nSPS) is 13.1. The number of fused-ring (bicyclic) bond motifs is 1. The third-order valence-electron chi connectivity index (χ3n) is 3.23. The Bertz CT molecular complexity index is 554. The highest BCUT2D eigenvalue weighted by Gasteiger charge is 2.18. The molecule has 0 saturated heterocycles. The van der Waals surface area contributed by atoms with E-state index in [-0.39, 0.29) is 11.8 Å². The minimum absolute atomic E-state index is 0.0246. The molecule has 104 valence electrons. The molecule has 1 heterocycles. The molecule has 4 heteroatoms. The van der Waals surface area contributed by atoms with Gasteiger partial charge in [-0.15, -0.1) is 13.2 Å². The van der Waals surface area contributed by atoms with E-state index in [1.807, 2.05) is 6.07 Å². The average Bonchev–Trinajstić information content (AvgIpc) is 2.45. The van der Waals surface area contributed by atoms with E-state index in [2.05, 4.69) is 18.5 Å². The number of amides is 2. The van der Waals surface area contributed by atoms with Gasteiger partial charge in [0.05, 0.1) is 0 Å². The van der Waals surface area contributed by atoms with Gasteiger partial charge in [-0.2, -0.15) is 0 Å². The fourth-order valence-electron chi connectivity index (χ4n) is 2.25. The first kappa shape index (κ1) is 14.1. The van der Waals surface area contributed by atoms with Gasteiger partial charge in [0.1, 0.15) is 0 Å². The molecule has 20 heavy (non-hydrogen) atoms. The number of carbonyl (C=O) groups excluding carboxylic acids is 2. The van der Waals surface area contributed by atoms with Gasteiger partial charge in [0, 0.05) is 30.8 Å². The fourth-order valence-corrected chi connectivity index (χ4v) is 2.25. The van der Waals surface area contributed by atoms with E-state index in [1.165, 1.54) is 0 Å². The number of carbonyl (C=O) groups is 2. The van der Waals surface area contributed by atoms with Crippen LogP contribution in [0.1, 0.15) is 22.3 Å². The summed E-state index contributed by atoms with van der Waals surface area (Å²) in [6.07, 6.45) is 4.53. The number of anilines is 1. The Balaban J connectivity index is 2.24. The van der Waals surface area contributed by atoms with Crippen LogP contribution in [0.4, 0.5) is 5.69 Å². The topological polar surface area (TPSA) is 49.4 Å². The molecule has 1 aromatic carbocycles. The van der Waals surface area contributed by atoms with E-state index < -0.39 is 0 Å². The van der Waals surface area contributed by atoms with Gasteiger partial charge in [-0.3, -0.25) is 9.59 Å². The highest BCUT2D eigenvalue weighted by molar-refractivity contribution is 5.98. The van der Waals surface area contributed by atoms with Crippen LogP contribution in [0.5, 0.6) is 0 Å². The Kier molecular flexibility index (Phi) is 4.35. The molecule has 1 aliphatic rings. The summed E-state index contributed by atoms with van der Waals surface area (Å²) in [5, 5.41) is 2.81. The quantitative estimate of drug-likeness (QED) is 0.835. The summed E-state index contributed by atoms with van der Waals surface area (Å²) in [6, 6.07) is 5.39. The zero-order valence-electron chi connectivity index (χ0n) is 11.4. The van der Waals surface area contributed by atoms with Gasteiger partial charge >= 0.3 is 0 Å². The number of aryl methyl sites for hydroxylation is 1. The van der Waals surface area contributed by atoms with Crippen molar-refractivity contribution in [2.24, 2.45) is 0 Å². The number of rotatable bonds is 5. The lowest BCUT2D eigenvalue weighted by atomic mass is 10.00. The zero-order chi connectivity index (χ0) is 14.5. The number of hydrogen-bond donors (Lipinski definition) is 1. The maximum atomic E-state index is 12.4. The molecule has 2 rings (SSSR count). The smallest absolute Gasteiger partial charge is 0.254 e. The summed E-state index contributed by atoms with van der Waals surface area (Å²) >= 11 is 0. The third-order valence-corrected chi connectivity index (χ3v) is 3.23. The molecule has 1 aliphatic heterocycles. The van der Waals surface area contributed by atoms with Crippen molar-refractivity contribution < 1.29 is 9.59 Å². The lowest BCUT2D eigenvalue weighted by Crippen LogP contribution is -2.31. The first-order valence-corrected chi connectivity index (χ1v) is 6.59. The molecule has 0 aliphatic carbocycles. The molecule has 0 saturated carbocycles. The predicted octanol–water partition coefficient (Wildman–Crippen LogP) is 2.39. The average molecular weight is 270 g/mol. The van der Waals surface area contributed by atoms with Gasteiger partial charge in [-0.25, -0.2) is 0 Å². The van der Waals surface area contributed by atoms with Crippen molar-refractivity contribution >= 4 is 17.5 Å². The van der Waals surface area contributed by atoms with Crippen LogP contribution in [0.2, 0.25) is 0 Å². The van der Waals surface area contributed by atoms with Crippen LogP contribution in [-0.2, 0) is 11.2 Å². The first-order valence-electron chi connectivity index (χ1n) is 6.59. The minimum Gasteiger partial charge on any atom is -0.331 e. The maximum Gasteiger partial charge on any atom is 0.254 e. The van der Waals surface area contributed by atoms with Crippen LogP contribution in [0, 0.1) is 0 Å². The van der Waals surface area contributed by atoms with Crippen molar-refractivity contribution in [2.75, 3.05) is 18.4 Å². The van der Waals surface area contributed by atoms with Crippen LogP contribution >= 0.6 is 0 Å². The van der Waals surface area contributed by atoms with E-state index in [9.17, 15) is 9.59 Å². The largest absolute Gasteiger partial charge is 0.331 e. The highest BCUT2D eigenvalue weighted by Crippen LogP contribution is 2.24. The molecule has 0 fully saturated rings. The SMILES string of the molecule is C=CCN(CC=C)C(=O)c1ccc2c(c1)CCC(=O)N2. The molecule has 0 bridgehead atoms. The lowest BCUT2D eigenvalue weighted by Gasteiger charge is -2.21. The summed E-state index contributed by atoms with van der Waals surface area (Å²) in [7, 11) is 0. The minimum atomic E-state index is -0.0514. The van der Waals surface area contributed by atoms with Crippen LogP contribution in [0.3, 0.4) is 0 Å². The molecule has 1 N–H and O–H groups in total. The summed E-state index contributed by atoms with van der Waals surface area (Å²) in [4.78, 5) is 25.4. The van der Waals surface area contributed by atoms with Gasteiger partial charge in [-0.1, -0.05) is 12.2 Å². The van der Waals surface area contributed by atoms with Gasteiger partial charge < -0.3 is 10.2 Å². The van der Waals surface area contributed by atoms with Crippen molar-refractivity contribution in [1.82, 2.24) is 4.90 Å². The molecule has 0 unspecified atom stereocenters. The van der Waals surface area contributed by atoms with E-state index in [0.717, 1.165) is 11.3 Å². The standard InChI is InChI=1S/C16H18N2O2/c1-3-9-18(10-4-2)16(20)13-5-7-14-12(11-13)6-8-15(19)17-14/h3-5,7,11H,1-2,6,8-10H2,(H,17,19). The highest BCUT2D eigenvalue weighted by atomic mass is 16.2. The van der Waals surface area contributed by atoms with Gasteiger partial charge in [0.15, 0.2) is 0 Å². The zero-order valence-corrected chi connectivity index (χ0v) is 11.4. The Morgan fingerprint density at radius 1 is 1.25 bits per heavy atom. The molecule has 2 amide bonds. The molecular weight excluding hydrogens is 252 g/mol. The fraction of sp³-hybridized carbons (Fsp3) is 0.250. The van der Waals surface area contributed by atoms with E-state index in [4.69, 9.17) is 0 Å². The molecule has 0 aromatic heterocycles. The van der Waals surface area contributed by atoms with Crippen molar-refractivity contribution in [3.8, 4) is 0 Å². The Morgan fingerprint density at radius 3 is 2.60 bits per heavy atom. The van der Waals surface area contributed by atoms with E-state index in [0.29, 0.717) is 31.5 Å². The predicted molar refractivity (Wildman–Crippen MR) is 79.7 cm³/mol. The van der Waals surface area contributed by atoms with Gasteiger partial charge in [0.2, 0.25) is 5.91 Å². The first-order chi connectivity index (χ1) is 9.65. The summed E-state index contributed by atoms with van der Waals surface area (Å²) < 4.78 is 0. The Hall–Kier alpha value is -2.36. The summed E-state index contributed by atoms with van der Waals surface area (Å²) in [6.45, 7) is 8.29. The second-order valence-electron chi connectivity index (χ2n) is 4.71. The van der Waals surface area contributed by atoms with E-state index in [1.54, 1.807) is 29.2 Å². The van der Waals surface area contributed by atoms with Crippen LogP contribution in [-0.4, -0.2) is 29.8 Å². The molecule has 4 nitrogen and oxygen atoms in total. The Labute approximate surface area is 118 Å². The molecule has 0 atom stereocenters. The molecule has 1 aromatic rings. The number of hydrogen-bond acceptors (Lipinski definition) is 2. The summed E-state index contributed by atoms with van der Waals surface area (Å²) in [5.41, 5.74) is 2.44. The van der Waals surface area contributed by atoms with Crippen LogP contribution in [0.15, 0.2) is 43.5 Å². The lowest BCUT2D eigenvalue weighted by molar-refractivity contribution is -0.116. The van der Waals surface area contributed by atoms with Crippen molar-refractivity contribution in [3.63, 3.8) is 0 Å². The number of nitrogens with one attached hydrogen (secondary N) is 1. The third kappa shape index (κ3) is 2.96. The van der Waals surface area contributed by atoms with Gasteiger partial charge in [-0.05, 0) is 30.2 Å². The Morgan fingerprint density at radius 2 is 1.95 bits per heavy atom. The summed E-state index contributed by atoms with van der Waals surface area (Å²) in [5.74, 6) is -0.0268. The molecule has 0 radical (unpaired) electrons. The number of benzene rings is 1. The molecule has 0 spiro atoms. The van der Waals surface area contributed by atoms with Crippen molar-refractivity contribution in [3.05, 3.63) is 54.6 Å². The molecular formula is C16H18N2O2. The second-order valence-corrected chi connectivity index (χ2v) is 4.71. The van der Waals surface area contributed by atoms with Crippen LogP contribution < -0.4 is 5.32 Å². The number of nitrogens with zero attached hydrogens (tertiary/aromatic N) is 1. The maximum absolute atomic E-state index is 12.4. The van der Waals surface area contributed by atoms with Gasteiger partial charge in [0.25, 0.3) is 5.91 Å². The second kappa shape index (κ2) is 6.19. The van der Waals surface area contributed by atoms with Crippen molar-refractivity contribution in [2.45, 2.75) is 12.8 Å². The monoisotopic (exact) mass is 270 g/mol. The van der Waals surface area contributed by atoms with Crippen molar-refractivity contribution in [1.29, 1.82) is 0 Å². The van der Waals surface area contributed by atoms with Crippen LogP contribution in [0.25, 0.3) is 0 Å².